The van der Waals surface area contributed by atoms with Gasteiger partial charge in [0, 0.05) is 0 Å². The Kier molecular flexibility index (Phi) is 4.71. The SMILES string of the molecule is O=[N+]([O-])[O][Pb]([c]1ccccc1)([c]1ccccc1)[c]1ccccc1. The van der Waals surface area contributed by atoms with Gasteiger partial charge in [0.1, 0.15) is 0 Å². The van der Waals surface area contributed by atoms with Crippen LogP contribution in [0, 0.1) is 10.1 Å². The van der Waals surface area contributed by atoms with Gasteiger partial charge in [-0.05, 0) is 0 Å². The molecule has 0 aliphatic carbocycles. The Morgan fingerprint density at radius 2 is 0.957 bits per heavy atom. The van der Waals surface area contributed by atoms with Crippen molar-refractivity contribution >= 4 is 31.0 Å². The maximum absolute atomic E-state index is 11.4. The fourth-order valence-corrected chi connectivity index (χ4v) is 16.5. The van der Waals surface area contributed by atoms with E-state index >= 15 is 0 Å². The van der Waals surface area contributed by atoms with Gasteiger partial charge in [-0.1, -0.05) is 0 Å². The molecule has 0 fully saturated rings. The van der Waals surface area contributed by atoms with Crippen molar-refractivity contribution < 1.29 is 7.87 Å². The van der Waals surface area contributed by atoms with Gasteiger partial charge >= 0.3 is 140 Å². The summed E-state index contributed by atoms with van der Waals surface area (Å²) >= 11 is -4.32. The summed E-state index contributed by atoms with van der Waals surface area (Å²) in [5.74, 6) is 0. The van der Waals surface area contributed by atoms with Crippen LogP contribution in [0.4, 0.5) is 0 Å². The average molecular weight is 501 g/mol. The van der Waals surface area contributed by atoms with Crippen molar-refractivity contribution in [2.75, 3.05) is 0 Å². The summed E-state index contributed by atoms with van der Waals surface area (Å²) in [5.41, 5.74) is 0. The molecule has 3 aromatic carbocycles. The Hall–Kier alpha value is -2.22. The Balaban J connectivity index is 2.32. The van der Waals surface area contributed by atoms with E-state index in [1.807, 2.05) is 91.0 Å². The first kappa shape index (κ1) is 15.7. The van der Waals surface area contributed by atoms with Crippen molar-refractivity contribution in [2.45, 2.75) is 0 Å². The van der Waals surface area contributed by atoms with E-state index in [1.165, 1.54) is 0 Å². The third-order valence-electron chi connectivity index (χ3n) is 3.75. The first-order chi connectivity index (χ1) is 11.2. The second-order valence-corrected chi connectivity index (χ2v) is 17.8. The van der Waals surface area contributed by atoms with Crippen molar-refractivity contribution in [3.63, 3.8) is 0 Å². The normalized spacial score (nSPS) is 11.0. The summed E-state index contributed by atoms with van der Waals surface area (Å²) in [5, 5.41) is 10.7. The van der Waals surface area contributed by atoms with Gasteiger partial charge in [-0.25, -0.2) is 0 Å². The molecule has 0 aromatic heterocycles. The van der Waals surface area contributed by atoms with Gasteiger partial charge < -0.3 is 0 Å². The summed E-state index contributed by atoms with van der Waals surface area (Å²) in [6, 6.07) is 28.7. The molecule has 0 radical (unpaired) electrons. The molecule has 0 saturated heterocycles. The molecule has 0 spiro atoms. The van der Waals surface area contributed by atoms with Crippen LogP contribution in [0.3, 0.4) is 0 Å². The monoisotopic (exact) mass is 501 g/mol. The molecule has 0 saturated carbocycles. The van der Waals surface area contributed by atoms with Crippen LogP contribution in [0.2, 0.25) is 0 Å². The molecule has 0 atom stereocenters. The van der Waals surface area contributed by atoms with Crippen molar-refractivity contribution in [3.8, 4) is 0 Å². The first-order valence-electron chi connectivity index (χ1n) is 7.23. The van der Waals surface area contributed by atoms with Crippen molar-refractivity contribution in [1.29, 1.82) is 0 Å². The second kappa shape index (κ2) is 6.91. The van der Waals surface area contributed by atoms with Gasteiger partial charge in [0.2, 0.25) is 0 Å². The zero-order valence-electron chi connectivity index (χ0n) is 12.3. The number of rotatable bonds is 5. The first-order valence-corrected chi connectivity index (χ1v) is 14.7. The van der Waals surface area contributed by atoms with Gasteiger partial charge in [0.15, 0.2) is 0 Å². The van der Waals surface area contributed by atoms with Gasteiger partial charge in [-0.2, -0.15) is 0 Å². The van der Waals surface area contributed by atoms with Crippen LogP contribution in [0.15, 0.2) is 91.0 Å². The predicted octanol–water partition coefficient (Wildman–Crippen LogP) is 1.86. The number of hydrogen-bond donors (Lipinski definition) is 0. The fraction of sp³-hybridized carbons (Fsp3) is 0. The van der Waals surface area contributed by atoms with Gasteiger partial charge in [-0.3, -0.25) is 0 Å². The minimum absolute atomic E-state index is 0.630. The molecule has 3 rings (SSSR count). The van der Waals surface area contributed by atoms with Crippen LogP contribution in [-0.2, 0) is 2.79 Å². The Labute approximate surface area is 139 Å². The Morgan fingerprint density at radius 3 is 1.22 bits per heavy atom. The predicted molar refractivity (Wildman–Crippen MR) is 92.1 cm³/mol. The summed E-state index contributed by atoms with van der Waals surface area (Å²) in [4.78, 5) is 11.4. The second-order valence-electron chi connectivity index (χ2n) is 5.09. The summed E-state index contributed by atoms with van der Waals surface area (Å²) < 4.78 is 8.32. The van der Waals surface area contributed by atoms with Gasteiger partial charge in [0.05, 0.1) is 0 Å². The van der Waals surface area contributed by atoms with E-state index in [2.05, 4.69) is 0 Å². The fourth-order valence-electron chi connectivity index (χ4n) is 2.79. The molecule has 0 N–H and O–H groups in total. The van der Waals surface area contributed by atoms with Crippen LogP contribution in [-0.4, -0.2) is 26.7 Å². The molecular formula is C18H15NO3Pb. The molecule has 0 aliphatic rings. The zero-order valence-corrected chi connectivity index (χ0v) is 16.2. The summed E-state index contributed by atoms with van der Waals surface area (Å²) in [7, 11) is 0. The number of nitrogens with zero attached hydrogens (tertiary/aromatic N) is 1. The van der Waals surface area contributed by atoms with Crippen molar-refractivity contribution in [2.24, 2.45) is 0 Å². The standard InChI is InChI=1S/3C6H5.NO3.Pb/c3*1-2-4-6-5-3-1;2-1(3)4;/h3*1-5H;;/q;;;-1;+1. The van der Waals surface area contributed by atoms with Crippen LogP contribution in [0.25, 0.3) is 0 Å². The third-order valence-corrected chi connectivity index (χ3v) is 18.8. The number of benzene rings is 3. The Bertz CT molecular complexity index is 682. The molecule has 0 unspecified atom stereocenters. The van der Waals surface area contributed by atoms with Crippen LogP contribution >= 0.6 is 0 Å². The van der Waals surface area contributed by atoms with Crippen LogP contribution in [0.5, 0.6) is 0 Å². The van der Waals surface area contributed by atoms with Crippen LogP contribution in [0.1, 0.15) is 0 Å². The third kappa shape index (κ3) is 3.12. The summed E-state index contributed by atoms with van der Waals surface area (Å²) in [6.07, 6.45) is 0. The van der Waals surface area contributed by atoms with E-state index in [0.29, 0.717) is 0 Å². The molecule has 0 bridgehead atoms. The van der Waals surface area contributed by atoms with Crippen molar-refractivity contribution in [3.05, 3.63) is 101 Å². The summed E-state index contributed by atoms with van der Waals surface area (Å²) in [6.45, 7) is 0. The molecule has 4 nitrogen and oxygen atoms in total. The zero-order chi connectivity index (χ0) is 16.1. The minimum atomic E-state index is -4.32. The maximum atomic E-state index is 11.4. The molecule has 114 valence electrons. The molecular weight excluding hydrogens is 485 g/mol. The topological polar surface area (TPSA) is 52.4 Å². The van der Waals surface area contributed by atoms with Gasteiger partial charge in [0.25, 0.3) is 0 Å². The molecule has 3 aromatic rings. The average Bonchev–Trinajstić information content (AvgIpc) is 2.62. The Morgan fingerprint density at radius 1 is 0.652 bits per heavy atom. The molecule has 5 heteroatoms. The molecule has 23 heavy (non-hydrogen) atoms. The number of hydrogen-bond acceptors (Lipinski definition) is 3. The van der Waals surface area contributed by atoms with Gasteiger partial charge in [-0.15, -0.1) is 0 Å². The van der Waals surface area contributed by atoms with E-state index in [9.17, 15) is 10.1 Å². The van der Waals surface area contributed by atoms with E-state index in [-0.39, 0.29) is 0 Å². The van der Waals surface area contributed by atoms with E-state index < -0.39 is 26.7 Å². The molecule has 0 aliphatic heterocycles. The van der Waals surface area contributed by atoms with E-state index in [4.69, 9.17) is 2.79 Å². The quantitative estimate of drug-likeness (QED) is 0.305. The molecule has 0 heterocycles. The van der Waals surface area contributed by atoms with Crippen molar-refractivity contribution in [1.82, 2.24) is 0 Å². The molecule has 0 amide bonds. The van der Waals surface area contributed by atoms with E-state index in [1.54, 1.807) is 0 Å². The van der Waals surface area contributed by atoms with E-state index in [0.717, 1.165) is 9.37 Å². The van der Waals surface area contributed by atoms with Crippen LogP contribution < -0.4 is 9.37 Å².